The molecule has 2 N–H and O–H groups in total. The maximum Gasteiger partial charge on any atom is 0.329 e. The molecule has 0 aromatic carbocycles. The van der Waals surface area contributed by atoms with Crippen LogP contribution in [0, 0.1) is 0 Å². The normalized spacial score (nSPS) is 16.2. The third kappa shape index (κ3) is 4.37. The second kappa shape index (κ2) is 6.56. The van der Waals surface area contributed by atoms with E-state index in [0.29, 0.717) is 19.6 Å². The minimum Gasteiger partial charge on any atom is -0.480 e. The predicted octanol–water partition coefficient (Wildman–Crippen LogP) is -0.650. The SMILES string of the molecule is CCNC(=O)CN(C)C(=O)N1CC(C)(OCC(=O)O)C1. The fourth-order valence-corrected chi connectivity index (χ4v) is 2.00. The smallest absolute Gasteiger partial charge is 0.329 e. The summed E-state index contributed by atoms with van der Waals surface area (Å²) >= 11 is 0. The molecule has 8 heteroatoms. The zero-order valence-corrected chi connectivity index (χ0v) is 12.0. The van der Waals surface area contributed by atoms with Crippen LogP contribution in [0.5, 0.6) is 0 Å². The molecule has 0 bridgehead atoms. The number of nitrogens with zero attached hydrogens (tertiary/aromatic N) is 2. The van der Waals surface area contributed by atoms with Crippen LogP contribution >= 0.6 is 0 Å². The summed E-state index contributed by atoms with van der Waals surface area (Å²) in [7, 11) is 1.55. The number of aliphatic carboxylic acids is 1. The van der Waals surface area contributed by atoms with Gasteiger partial charge in [-0.05, 0) is 13.8 Å². The number of carbonyl (C=O) groups excluding carboxylic acids is 2. The van der Waals surface area contributed by atoms with Crippen molar-refractivity contribution in [3.05, 3.63) is 0 Å². The Labute approximate surface area is 117 Å². The van der Waals surface area contributed by atoms with Crippen LogP contribution in [0.1, 0.15) is 13.8 Å². The number of carboxylic acids is 1. The molecular weight excluding hydrogens is 266 g/mol. The lowest BCUT2D eigenvalue weighted by Gasteiger charge is -2.48. The molecule has 0 aromatic rings. The maximum atomic E-state index is 12.0. The van der Waals surface area contributed by atoms with Gasteiger partial charge in [0.25, 0.3) is 0 Å². The van der Waals surface area contributed by atoms with Crippen molar-refractivity contribution in [3.63, 3.8) is 0 Å². The first kappa shape index (κ1) is 16.2. The Morgan fingerprint density at radius 2 is 2.00 bits per heavy atom. The van der Waals surface area contributed by atoms with Crippen molar-refractivity contribution in [2.24, 2.45) is 0 Å². The molecule has 0 aliphatic carbocycles. The number of likely N-dealkylation sites (N-methyl/N-ethyl adjacent to an activating group) is 2. The molecule has 1 saturated heterocycles. The monoisotopic (exact) mass is 287 g/mol. The lowest BCUT2D eigenvalue weighted by Crippen LogP contribution is -2.65. The van der Waals surface area contributed by atoms with Crippen molar-refractivity contribution < 1.29 is 24.2 Å². The third-order valence-corrected chi connectivity index (χ3v) is 2.95. The van der Waals surface area contributed by atoms with Gasteiger partial charge in [0.15, 0.2) is 0 Å². The predicted molar refractivity (Wildman–Crippen MR) is 70.3 cm³/mol. The first-order valence-electron chi connectivity index (χ1n) is 6.40. The average molecular weight is 287 g/mol. The van der Waals surface area contributed by atoms with E-state index in [1.807, 2.05) is 0 Å². The van der Waals surface area contributed by atoms with Crippen LogP contribution in [0.3, 0.4) is 0 Å². The first-order valence-corrected chi connectivity index (χ1v) is 6.40. The highest BCUT2D eigenvalue weighted by atomic mass is 16.5. The summed E-state index contributed by atoms with van der Waals surface area (Å²) in [5, 5.41) is 11.2. The number of urea groups is 1. The van der Waals surface area contributed by atoms with Gasteiger partial charge in [-0.25, -0.2) is 9.59 Å². The molecule has 0 spiro atoms. The number of hydrogen-bond donors (Lipinski definition) is 2. The molecule has 0 atom stereocenters. The molecule has 0 saturated carbocycles. The van der Waals surface area contributed by atoms with Gasteiger partial charge in [0.05, 0.1) is 13.1 Å². The van der Waals surface area contributed by atoms with Crippen molar-refractivity contribution in [3.8, 4) is 0 Å². The minimum absolute atomic E-state index is 0.00410. The van der Waals surface area contributed by atoms with E-state index in [-0.39, 0.29) is 25.1 Å². The van der Waals surface area contributed by atoms with Crippen molar-refractivity contribution in [2.75, 3.05) is 39.8 Å². The zero-order valence-electron chi connectivity index (χ0n) is 12.0. The van der Waals surface area contributed by atoms with Crippen LogP contribution in [0.4, 0.5) is 4.79 Å². The molecule has 8 nitrogen and oxygen atoms in total. The van der Waals surface area contributed by atoms with E-state index in [1.165, 1.54) is 9.80 Å². The molecular formula is C12H21N3O5. The van der Waals surface area contributed by atoms with Gasteiger partial charge in [-0.2, -0.15) is 0 Å². The van der Waals surface area contributed by atoms with Crippen LogP contribution in [-0.2, 0) is 14.3 Å². The highest BCUT2D eigenvalue weighted by Gasteiger charge is 2.43. The summed E-state index contributed by atoms with van der Waals surface area (Å²) < 4.78 is 5.22. The molecule has 0 aromatic heterocycles. The maximum absolute atomic E-state index is 12.0. The quantitative estimate of drug-likeness (QED) is 0.676. The van der Waals surface area contributed by atoms with Crippen LogP contribution in [0.2, 0.25) is 0 Å². The van der Waals surface area contributed by atoms with Crippen LogP contribution in [-0.4, -0.2) is 78.2 Å². The summed E-state index contributed by atoms with van der Waals surface area (Å²) in [5.41, 5.74) is -0.624. The van der Waals surface area contributed by atoms with Gasteiger partial charge in [-0.3, -0.25) is 4.79 Å². The fourth-order valence-electron chi connectivity index (χ4n) is 2.00. The second-order valence-corrected chi connectivity index (χ2v) is 5.08. The van der Waals surface area contributed by atoms with Gasteiger partial charge in [-0.15, -0.1) is 0 Å². The van der Waals surface area contributed by atoms with E-state index in [0.717, 1.165) is 0 Å². The van der Waals surface area contributed by atoms with Crippen molar-refractivity contribution in [1.82, 2.24) is 15.1 Å². The second-order valence-electron chi connectivity index (χ2n) is 5.08. The van der Waals surface area contributed by atoms with Gasteiger partial charge in [0.2, 0.25) is 5.91 Å². The largest absolute Gasteiger partial charge is 0.480 e. The Morgan fingerprint density at radius 1 is 1.40 bits per heavy atom. The zero-order chi connectivity index (χ0) is 15.3. The van der Waals surface area contributed by atoms with E-state index in [2.05, 4.69) is 5.32 Å². The van der Waals surface area contributed by atoms with E-state index >= 15 is 0 Å². The molecule has 1 fully saturated rings. The average Bonchev–Trinajstić information content (AvgIpc) is 2.32. The summed E-state index contributed by atoms with van der Waals surface area (Å²) in [4.78, 5) is 36.6. The van der Waals surface area contributed by atoms with Crippen molar-refractivity contribution >= 4 is 17.9 Å². The fraction of sp³-hybridized carbons (Fsp3) is 0.750. The summed E-state index contributed by atoms with van der Waals surface area (Å²) in [5.74, 6) is -1.25. The molecule has 0 radical (unpaired) electrons. The van der Waals surface area contributed by atoms with Crippen LogP contribution in [0.25, 0.3) is 0 Å². The number of amides is 3. The van der Waals surface area contributed by atoms with Gasteiger partial charge < -0.3 is 25.0 Å². The number of carbonyl (C=O) groups is 3. The molecule has 114 valence electrons. The Morgan fingerprint density at radius 3 is 2.50 bits per heavy atom. The molecule has 3 amide bonds. The lowest BCUT2D eigenvalue weighted by molar-refractivity contribution is -0.160. The molecule has 0 unspecified atom stereocenters. The Hall–Kier alpha value is -1.83. The number of nitrogens with one attached hydrogen (secondary N) is 1. The molecule has 1 aliphatic heterocycles. The number of carboxylic acid groups (broad SMARTS) is 1. The van der Waals surface area contributed by atoms with Gasteiger partial charge in [0.1, 0.15) is 18.8 Å². The summed E-state index contributed by atoms with van der Waals surface area (Å²) in [6, 6.07) is -0.271. The van der Waals surface area contributed by atoms with E-state index in [1.54, 1.807) is 20.9 Å². The number of likely N-dealkylation sites (tertiary alicyclic amines) is 1. The topological polar surface area (TPSA) is 99.2 Å². The first-order chi connectivity index (χ1) is 9.27. The highest BCUT2D eigenvalue weighted by molar-refractivity contribution is 5.84. The van der Waals surface area contributed by atoms with Crippen LogP contribution < -0.4 is 5.32 Å². The number of hydrogen-bond acceptors (Lipinski definition) is 4. The molecule has 20 heavy (non-hydrogen) atoms. The van der Waals surface area contributed by atoms with Crippen LogP contribution in [0.15, 0.2) is 0 Å². The van der Waals surface area contributed by atoms with Crippen molar-refractivity contribution in [2.45, 2.75) is 19.4 Å². The minimum atomic E-state index is -1.04. The number of ether oxygens (including phenoxy) is 1. The van der Waals surface area contributed by atoms with Gasteiger partial charge in [-0.1, -0.05) is 0 Å². The number of rotatable bonds is 6. The van der Waals surface area contributed by atoms with E-state index in [9.17, 15) is 14.4 Å². The van der Waals surface area contributed by atoms with Gasteiger partial charge in [0, 0.05) is 13.6 Å². The highest BCUT2D eigenvalue weighted by Crippen LogP contribution is 2.25. The molecule has 1 heterocycles. The Balaban J connectivity index is 2.36. The molecule has 1 aliphatic rings. The van der Waals surface area contributed by atoms with Gasteiger partial charge >= 0.3 is 12.0 Å². The molecule has 1 rings (SSSR count). The van der Waals surface area contributed by atoms with Crippen molar-refractivity contribution in [1.29, 1.82) is 0 Å². The Bertz CT molecular complexity index is 393. The standard InChI is InChI=1S/C12H21N3O5/c1-4-13-9(16)5-14(3)11(19)15-7-12(2,8-15)20-6-10(17)18/h4-8H2,1-3H3,(H,13,16)(H,17,18). The Kier molecular flexibility index (Phi) is 5.32. The summed E-state index contributed by atoms with van der Waals surface area (Å²) in [6.07, 6.45) is 0. The van der Waals surface area contributed by atoms with E-state index < -0.39 is 11.6 Å². The third-order valence-electron chi connectivity index (χ3n) is 2.95. The summed E-state index contributed by atoms with van der Waals surface area (Å²) in [6.45, 7) is 4.33. The lowest BCUT2D eigenvalue weighted by atomic mass is 9.97. The van der Waals surface area contributed by atoms with E-state index in [4.69, 9.17) is 9.84 Å².